The first-order chi connectivity index (χ1) is 17.0. The van der Waals surface area contributed by atoms with E-state index < -0.39 is 5.91 Å². The molecule has 1 aliphatic rings. The highest BCUT2D eigenvalue weighted by Crippen LogP contribution is 2.23. The number of carbonyl (C=O) groups excluding carboxylic acids is 2. The number of rotatable bonds is 7. The van der Waals surface area contributed by atoms with Gasteiger partial charge in [0, 0.05) is 66.9 Å². The second kappa shape index (κ2) is 10.3. The van der Waals surface area contributed by atoms with E-state index in [1.165, 1.54) is 0 Å². The molecule has 1 fully saturated rings. The van der Waals surface area contributed by atoms with Crippen LogP contribution in [-0.2, 0) is 12.3 Å². The number of pyridine rings is 1. The van der Waals surface area contributed by atoms with Crippen LogP contribution < -0.4 is 5.73 Å². The molecular formula is C27H27N5O2S. The van der Waals surface area contributed by atoms with Gasteiger partial charge in [-0.15, -0.1) is 11.8 Å². The standard InChI is InChI=1S/C27H27N5O2S/c28-26(33)21-6-4-20(5-7-21)17-30-13-15-31(16-14-30)27(34)22-8-10-24(11-9-22)35-19-23-18-32-12-2-1-3-25(32)29-23/h1-12,18H,13-17,19H2,(H2,28,33). The lowest BCUT2D eigenvalue weighted by molar-refractivity contribution is 0.0628. The van der Waals surface area contributed by atoms with Crippen LogP contribution in [0.5, 0.6) is 0 Å². The lowest BCUT2D eigenvalue weighted by atomic mass is 10.1. The van der Waals surface area contributed by atoms with Crippen LogP contribution in [0, 0.1) is 0 Å². The van der Waals surface area contributed by atoms with Crippen LogP contribution in [0.1, 0.15) is 32.0 Å². The maximum atomic E-state index is 13.0. The monoisotopic (exact) mass is 485 g/mol. The Bertz CT molecular complexity index is 1290. The summed E-state index contributed by atoms with van der Waals surface area (Å²) in [5, 5.41) is 0. The molecule has 35 heavy (non-hydrogen) atoms. The van der Waals surface area contributed by atoms with Gasteiger partial charge in [0.15, 0.2) is 0 Å². The molecule has 2 aromatic carbocycles. The second-order valence-electron chi connectivity index (χ2n) is 8.64. The van der Waals surface area contributed by atoms with Gasteiger partial charge in [-0.05, 0) is 54.1 Å². The number of carbonyl (C=O) groups is 2. The molecule has 0 bridgehead atoms. The van der Waals surface area contributed by atoms with Crippen molar-refractivity contribution < 1.29 is 9.59 Å². The molecule has 2 amide bonds. The third kappa shape index (κ3) is 5.55. The number of fused-ring (bicyclic) bond motifs is 1. The number of thioether (sulfide) groups is 1. The van der Waals surface area contributed by atoms with Crippen LogP contribution in [0.25, 0.3) is 5.65 Å². The maximum Gasteiger partial charge on any atom is 0.253 e. The number of hydrogen-bond donors (Lipinski definition) is 1. The number of hydrogen-bond acceptors (Lipinski definition) is 5. The average Bonchev–Trinajstić information content (AvgIpc) is 3.31. The van der Waals surface area contributed by atoms with Crippen LogP contribution in [-0.4, -0.2) is 57.2 Å². The Morgan fingerprint density at radius 2 is 1.60 bits per heavy atom. The molecule has 0 aliphatic carbocycles. The minimum Gasteiger partial charge on any atom is -0.366 e. The number of primary amides is 1. The molecule has 2 N–H and O–H groups in total. The van der Waals surface area contributed by atoms with Gasteiger partial charge in [0.1, 0.15) is 5.65 Å². The molecule has 0 spiro atoms. The predicted molar refractivity (Wildman–Crippen MR) is 137 cm³/mol. The fourth-order valence-corrected chi connectivity index (χ4v) is 5.01. The first kappa shape index (κ1) is 23.1. The Balaban J connectivity index is 1.11. The number of amides is 2. The molecule has 4 aromatic rings. The first-order valence-corrected chi connectivity index (χ1v) is 12.6. The number of benzene rings is 2. The summed E-state index contributed by atoms with van der Waals surface area (Å²) in [6.45, 7) is 3.82. The summed E-state index contributed by atoms with van der Waals surface area (Å²) in [6.07, 6.45) is 4.05. The Kier molecular flexibility index (Phi) is 6.83. The first-order valence-electron chi connectivity index (χ1n) is 11.6. The summed E-state index contributed by atoms with van der Waals surface area (Å²) in [4.78, 5) is 34.2. The zero-order valence-electron chi connectivity index (χ0n) is 19.3. The molecular weight excluding hydrogens is 458 g/mol. The summed E-state index contributed by atoms with van der Waals surface area (Å²) in [6, 6.07) is 21.2. The SMILES string of the molecule is NC(=O)c1ccc(CN2CCN(C(=O)c3ccc(SCc4cn5ccccc5n4)cc3)CC2)cc1. The predicted octanol–water partition coefficient (Wildman–Crippen LogP) is 3.68. The van der Waals surface area contributed by atoms with Crippen molar-refractivity contribution in [1.29, 1.82) is 0 Å². The van der Waals surface area contributed by atoms with Gasteiger partial charge in [-0.1, -0.05) is 18.2 Å². The Morgan fingerprint density at radius 1 is 0.886 bits per heavy atom. The second-order valence-corrected chi connectivity index (χ2v) is 9.69. The highest BCUT2D eigenvalue weighted by molar-refractivity contribution is 7.98. The van der Waals surface area contributed by atoms with Crippen molar-refractivity contribution in [2.24, 2.45) is 5.73 Å². The van der Waals surface area contributed by atoms with Gasteiger partial charge in [-0.25, -0.2) is 4.98 Å². The molecule has 0 saturated carbocycles. The Hall–Kier alpha value is -3.62. The highest BCUT2D eigenvalue weighted by atomic mass is 32.2. The normalized spacial score (nSPS) is 14.3. The van der Waals surface area contributed by atoms with Gasteiger partial charge >= 0.3 is 0 Å². The van der Waals surface area contributed by atoms with Gasteiger partial charge in [0.25, 0.3) is 5.91 Å². The molecule has 0 unspecified atom stereocenters. The summed E-state index contributed by atoms with van der Waals surface area (Å²) < 4.78 is 2.02. The molecule has 3 heterocycles. The quantitative estimate of drug-likeness (QED) is 0.404. The number of nitrogens with zero attached hydrogens (tertiary/aromatic N) is 4. The van der Waals surface area contributed by atoms with E-state index in [1.807, 2.05) is 70.1 Å². The van der Waals surface area contributed by atoms with E-state index in [9.17, 15) is 9.59 Å². The van der Waals surface area contributed by atoms with Gasteiger partial charge in [-0.3, -0.25) is 14.5 Å². The summed E-state index contributed by atoms with van der Waals surface area (Å²) in [5.41, 5.74) is 9.66. The molecule has 8 heteroatoms. The molecule has 2 aromatic heterocycles. The molecule has 1 saturated heterocycles. The fraction of sp³-hybridized carbons (Fsp3) is 0.222. The number of imidazole rings is 1. The van der Waals surface area contributed by atoms with Gasteiger partial charge in [-0.2, -0.15) is 0 Å². The summed E-state index contributed by atoms with van der Waals surface area (Å²) in [7, 11) is 0. The van der Waals surface area contributed by atoms with Crippen LogP contribution >= 0.6 is 11.8 Å². The van der Waals surface area contributed by atoms with Crippen molar-refractivity contribution >= 4 is 29.2 Å². The smallest absolute Gasteiger partial charge is 0.253 e. The van der Waals surface area contributed by atoms with Crippen molar-refractivity contribution in [3.8, 4) is 0 Å². The van der Waals surface area contributed by atoms with Crippen molar-refractivity contribution in [2.45, 2.75) is 17.2 Å². The largest absolute Gasteiger partial charge is 0.366 e. The molecule has 0 radical (unpaired) electrons. The summed E-state index contributed by atoms with van der Waals surface area (Å²) in [5.74, 6) is 0.441. The van der Waals surface area contributed by atoms with Gasteiger partial charge in [0.05, 0.1) is 5.69 Å². The van der Waals surface area contributed by atoms with Gasteiger partial charge in [0.2, 0.25) is 5.91 Å². The molecule has 7 nitrogen and oxygen atoms in total. The third-order valence-corrected chi connectivity index (χ3v) is 7.25. The van der Waals surface area contributed by atoms with Crippen LogP contribution in [0.4, 0.5) is 0 Å². The van der Waals surface area contributed by atoms with E-state index in [0.29, 0.717) is 18.7 Å². The molecule has 0 atom stereocenters. The lowest BCUT2D eigenvalue weighted by Crippen LogP contribution is -2.48. The van der Waals surface area contributed by atoms with Crippen molar-refractivity contribution in [3.63, 3.8) is 0 Å². The zero-order valence-corrected chi connectivity index (χ0v) is 20.2. The highest BCUT2D eigenvalue weighted by Gasteiger charge is 2.22. The van der Waals surface area contributed by atoms with Gasteiger partial charge < -0.3 is 15.0 Å². The van der Waals surface area contributed by atoms with Crippen LogP contribution in [0.2, 0.25) is 0 Å². The van der Waals surface area contributed by atoms with Crippen molar-refractivity contribution in [1.82, 2.24) is 19.2 Å². The number of aromatic nitrogens is 2. The number of nitrogens with two attached hydrogens (primary N) is 1. The van der Waals surface area contributed by atoms with E-state index in [0.717, 1.165) is 52.8 Å². The zero-order chi connectivity index (χ0) is 24.2. The minimum absolute atomic E-state index is 0.0763. The fourth-order valence-electron chi connectivity index (χ4n) is 4.23. The van der Waals surface area contributed by atoms with E-state index in [4.69, 9.17) is 5.73 Å². The molecule has 5 rings (SSSR count). The molecule has 178 valence electrons. The van der Waals surface area contributed by atoms with E-state index in [1.54, 1.807) is 23.9 Å². The van der Waals surface area contributed by atoms with Crippen molar-refractivity contribution in [2.75, 3.05) is 26.2 Å². The summed E-state index contributed by atoms with van der Waals surface area (Å²) >= 11 is 1.72. The van der Waals surface area contributed by atoms with E-state index in [-0.39, 0.29) is 5.91 Å². The average molecular weight is 486 g/mol. The maximum absolute atomic E-state index is 13.0. The van der Waals surface area contributed by atoms with E-state index in [2.05, 4.69) is 16.1 Å². The van der Waals surface area contributed by atoms with Crippen LogP contribution in [0.3, 0.4) is 0 Å². The Morgan fingerprint density at radius 3 is 2.29 bits per heavy atom. The third-order valence-electron chi connectivity index (χ3n) is 6.21. The topological polar surface area (TPSA) is 83.9 Å². The number of piperazine rings is 1. The van der Waals surface area contributed by atoms with Crippen molar-refractivity contribution in [3.05, 3.63) is 102 Å². The lowest BCUT2D eigenvalue weighted by Gasteiger charge is -2.34. The van der Waals surface area contributed by atoms with E-state index >= 15 is 0 Å². The molecule has 1 aliphatic heterocycles. The Labute approximate surface area is 208 Å². The minimum atomic E-state index is -0.415. The van der Waals surface area contributed by atoms with Crippen LogP contribution in [0.15, 0.2) is 84.0 Å².